The van der Waals surface area contributed by atoms with Gasteiger partial charge in [-0.25, -0.2) is 9.19 Å². The SMILES string of the molecule is Cn1ccnc1CN(CCc1ccc(NS(=O)O)cc1)CC(=O)O. The molecule has 0 aliphatic rings. The summed E-state index contributed by atoms with van der Waals surface area (Å²) in [5.74, 6) is -0.0737. The van der Waals surface area contributed by atoms with Gasteiger partial charge < -0.3 is 9.67 Å². The van der Waals surface area contributed by atoms with Crippen LogP contribution in [0.5, 0.6) is 0 Å². The Morgan fingerprint density at radius 1 is 1.38 bits per heavy atom. The van der Waals surface area contributed by atoms with Crippen LogP contribution in [0.25, 0.3) is 0 Å². The summed E-state index contributed by atoms with van der Waals surface area (Å²) in [6.07, 6.45) is 4.18. The second-order valence-corrected chi connectivity index (χ2v) is 6.06. The molecule has 0 bridgehead atoms. The number of imidazole rings is 1. The van der Waals surface area contributed by atoms with Crippen molar-refractivity contribution in [2.24, 2.45) is 7.05 Å². The van der Waals surface area contributed by atoms with Crippen LogP contribution >= 0.6 is 0 Å². The van der Waals surface area contributed by atoms with E-state index in [1.54, 1.807) is 18.3 Å². The molecule has 3 N–H and O–H groups in total. The quantitative estimate of drug-likeness (QED) is 0.583. The molecular formula is C15H20N4O4S. The van der Waals surface area contributed by atoms with E-state index in [2.05, 4.69) is 9.71 Å². The Kier molecular flexibility index (Phi) is 6.47. The van der Waals surface area contributed by atoms with Crippen LogP contribution in [0.2, 0.25) is 0 Å². The fraction of sp³-hybridized carbons (Fsp3) is 0.333. The van der Waals surface area contributed by atoms with Crippen LogP contribution in [0.1, 0.15) is 11.4 Å². The molecule has 0 aliphatic heterocycles. The fourth-order valence-electron chi connectivity index (χ4n) is 2.28. The first-order valence-electron chi connectivity index (χ1n) is 7.31. The molecule has 1 aromatic heterocycles. The molecule has 2 rings (SSSR count). The number of rotatable bonds is 9. The van der Waals surface area contributed by atoms with Gasteiger partial charge in [0, 0.05) is 31.7 Å². The van der Waals surface area contributed by atoms with Crippen molar-refractivity contribution in [3.63, 3.8) is 0 Å². The van der Waals surface area contributed by atoms with Gasteiger partial charge in [0.25, 0.3) is 11.3 Å². The third kappa shape index (κ3) is 5.76. The van der Waals surface area contributed by atoms with Crippen LogP contribution in [-0.4, -0.2) is 47.4 Å². The van der Waals surface area contributed by atoms with Gasteiger partial charge in [-0.15, -0.1) is 0 Å². The lowest BCUT2D eigenvalue weighted by atomic mass is 10.1. The second kappa shape index (κ2) is 8.57. The van der Waals surface area contributed by atoms with Gasteiger partial charge in [0.2, 0.25) is 0 Å². The predicted octanol–water partition coefficient (Wildman–Crippen LogP) is 1.10. The summed E-state index contributed by atoms with van der Waals surface area (Å²) in [5.41, 5.74) is 1.56. The molecule has 1 heterocycles. The molecule has 8 nitrogen and oxygen atoms in total. The summed E-state index contributed by atoms with van der Waals surface area (Å²) < 4.78 is 23.7. The number of aromatic nitrogens is 2. The predicted molar refractivity (Wildman–Crippen MR) is 90.7 cm³/mol. The molecule has 0 spiro atoms. The Bertz CT molecular complexity index is 702. The number of carboxylic acid groups (broad SMARTS) is 1. The van der Waals surface area contributed by atoms with Crippen LogP contribution in [0, 0.1) is 0 Å². The maximum Gasteiger partial charge on any atom is 0.317 e. The van der Waals surface area contributed by atoms with E-state index in [0.29, 0.717) is 25.2 Å². The zero-order valence-electron chi connectivity index (χ0n) is 13.3. The number of carboxylic acids is 1. The smallest absolute Gasteiger partial charge is 0.317 e. The third-order valence-corrected chi connectivity index (χ3v) is 3.93. The number of carbonyl (C=O) groups is 1. The molecule has 0 aliphatic carbocycles. The number of hydrogen-bond donors (Lipinski definition) is 3. The molecule has 130 valence electrons. The van der Waals surface area contributed by atoms with Crippen molar-refractivity contribution >= 4 is 22.9 Å². The van der Waals surface area contributed by atoms with E-state index in [-0.39, 0.29) is 6.54 Å². The molecule has 2 aromatic rings. The summed E-state index contributed by atoms with van der Waals surface area (Å²) in [6, 6.07) is 7.11. The van der Waals surface area contributed by atoms with Crippen molar-refractivity contribution in [3.05, 3.63) is 48.0 Å². The van der Waals surface area contributed by atoms with Gasteiger partial charge in [-0.05, 0) is 24.1 Å². The summed E-state index contributed by atoms with van der Waals surface area (Å²) in [4.78, 5) is 17.1. The fourth-order valence-corrected chi connectivity index (χ4v) is 2.62. The number of aliphatic carboxylic acids is 1. The molecular weight excluding hydrogens is 332 g/mol. The van der Waals surface area contributed by atoms with E-state index < -0.39 is 17.2 Å². The number of hydrogen-bond acceptors (Lipinski definition) is 4. The molecule has 1 unspecified atom stereocenters. The van der Waals surface area contributed by atoms with Crippen LogP contribution in [0.15, 0.2) is 36.7 Å². The zero-order valence-corrected chi connectivity index (χ0v) is 14.1. The Labute approximate surface area is 142 Å². The molecule has 24 heavy (non-hydrogen) atoms. The van der Waals surface area contributed by atoms with E-state index in [0.717, 1.165) is 11.4 Å². The van der Waals surface area contributed by atoms with Crippen molar-refractivity contribution in [2.75, 3.05) is 17.8 Å². The van der Waals surface area contributed by atoms with Crippen LogP contribution < -0.4 is 4.72 Å². The van der Waals surface area contributed by atoms with Gasteiger partial charge >= 0.3 is 5.97 Å². The Hall–Kier alpha value is -2.23. The highest BCUT2D eigenvalue weighted by molar-refractivity contribution is 7.80. The zero-order chi connectivity index (χ0) is 17.5. The minimum absolute atomic E-state index is 0.0595. The van der Waals surface area contributed by atoms with E-state index in [1.165, 1.54) is 0 Å². The van der Waals surface area contributed by atoms with Crippen LogP contribution in [-0.2, 0) is 36.1 Å². The summed E-state index contributed by atoms with van der Waals surface area (Å²) in [7, 11) is 1.87. The minimum Gasteiger partial charge on any atom is -0.480 e. The number of aryl methyl sites for hydroxylation is 1. The first-order valence-corrected chi connectivity index (χ1v) is 8.41. The van der Waals surface area contributed by atoms with Gasteiger partial charge in [-0.2, -0.15) is 0 Å². The van der Waals surface area contributed by atoms with Crippen LogP contribution in [0.4, 0.5) is 5.69 Å². The summed E-state index contributed by atoms with van der Waals surface area (Å²) in [6.45, 7) is 0.965. The average Bonchev–Trinajstić information content (AvgIpc) is 2.90. The molecule has 0 fully saturated rings. The molecule has 1 aromatic carbocycles. The third-order valence-electron chi connectivity index (χ3n) is 3.52. The maximum absolute atomic E-state index is 11.1. The van der Waals surface area contributed by atoms with Crippen molar-refractivity contribution in [1.29, 1.82) is 0 Å². The molecule has 0 saturated heterocycles. The first-order chi connectivity index (χ1) is 11.4. The van der Waals surface area contributed by atoms with Crippen molar-refractivity contribution in [1.82, 2.24) is 14.5 Å². The van der Waals surface area contributed by atoms with Crippen molar-refractivity contribution in [2.45, 2.75) is 13.0 Å². The highest BCUT2D eigenvalue weighted by Crippen LogP contribution is 2.11. The Balaban J connectivity index is 1.95. The van der Waals surface area contributed by atoms with Gasteiger partial charge in [-0.3, -0.25) is 19.0 Å². The first kappa shape index (κ1) is 18.1. The standard InChI is InChI=1S/C15H20N4O4S/c1-18-9-7-16-14(18)10-19(11-15(20)21)8-6-12-2-4-13(5-3-12)17-24(22)23/h2-5,7,9,17H,6,8,10-11H2,1H3,(H,20,21)(H,22,23). The molecule has 0 amide bonds. The maximum atomic E-state index is 11.1. The Morgan fingerprint density at radius 2 is 2.08 bits per heavy atom. The molecule has 1 atom stereocenters. The van der Waals surface area contributed by atoms with E-state index in [1.807, 2.05) is 34.8 Å². The minimum atomic E-state index is -2.09. The topological polar surface area (TPSA) is 108 Å². The molecule has 0 radical (unpaired) electrons. The lowest BCUT2D eigenvalue weighted by Crippen LogP contribution is -2.32. The van der Waals surface area contributed by atoms with Crippen LogP contribution in [0.3, 0.4) is 0 Å². The number of anilines is 1. The molecule has 0 saturated carbocycles. The second-order valence-electron chi connectivity index (χ2n) is 5.36. The van der Waals surface area contributed by atoms with E-state index in [9.17, 15) is 9.00 Å². The summed E-state index contributed by atoms with van der Waals surface area (Å²) >= 11 is -2.09. The van der Waals surface area contributed by atoms with Gasteiger partial charge in [0.05, 0.1) is 13.1 Å². The van der Waals surface area contributed by atoms with Gasteiger partial charge in [0.1, 0.15) is 5.82 Å². The van der Waals surface area contributed by atoms with E-state index >= 15 is 0 Å². The monoisotopic (exact) mass is 352 g/mol. The lowest BCUT2D eigenvalue weighted by molar-refractivity contribution is -0.138. The van der Waals surface area contributed by atoms with E-state index in [4.69, 9.17) is 9.66 Å². The largest absolute Gasteiger partial charge is 0.480 e. The van der Waals surface area contributed by atoms with Crippen molar-refractivity contribution in [3.8, 4) is 0 Å². The lowest BCUT2D eigenvalue weighted by Gasteiger charge is -2.20. The number of nitrogens with one attached hydrogen (secondary N) is 1. The number of nitrogens with zero attached hydrogens (tertiary/aromatic N) is 3. The summed E-state index contributed by atoms with van der Waals surface area (Å²) in [5, 5.41) is 9.07. The molecule has 9 heteroatoms. The normalized spacial score (nSPS) is 12.3. The average molecular weight is 352 g/mol. The number of benzene rings is 1. The highest BCUT2D eigenvalue weighted by Gasteiger charge is 2.13. The van der Waals surface area contributed by atoms with Crippen molar-refractivity contribution < 1.29 is 18.7 Å². The van der Waals surface area contributed by atoms with Gasteiger partial charge in [0.15, 0.2) is 0 Å². The Morgan fingerprint density at radius 3 is 2.62 bits per heavy atom. The highest BCUT2D eigenvalue weighted by atomic mass is 32.2. The van der Waals surface area contributed by atoms with Gasteiger partial charge in [-0.1, -0.05) is 12.1 Å².